The van der Waals surface area contributed by atoms with Crippen LogP contribution in [0.25, 0.3) is 5.69 Å². The fourth-order valence-electron chi connectivity index (χ4n) is 2.49. The molecule has 1 aromatic carbocycles. The Morgan fingerprint density at radius 3 is 3.17 bits per heavy atom. The Morgan fingerprint density at radius 1 is 1.44 bits per heavy atom. The highest BCUT2D eigenvalue weighted by atomic mass is 32.2. The van der Waals surface area contributed by atoms with E-state index in [4.69, 9.17) is 0 Å². The van der Waals surface area contributed by atoms with Crippen LogP contribution in [0, 0.1) is 0 Å². The first-order chi connectivity index (χ1) is 8.88. The lowest BCUT2D eigenvalue weighted by Crippen LogP contribution is -2.10. The van der Waals surface area contributed by atoms with Crippen LogP contribution in [0.5, 0.6) is 0 Å². The summed E-state index contributed by atoms with van der Waals surface area (Å²) in [6, 6.07) is 8.62. The molecule has 1 saturated heterocycles. The van der Waals surface area contributed by atoms with Gasteiger partial charge in [-0.1, -0.05) is 6.07 Å². The van der Waals surface area contributed by atoms with Gasteiger partial charge < -0.3 is 9.88 Å². The van der Waals surface area contributed by atoms with E-state index in [0.29, 0.717) is 5.92 Å². The molecule has 0 bridgehead atoms. The predicted octanol–water partition coefficient (Wildman–Crippen LogP) is 2.67. The number of rotatable bonds is 3. The van der Waals surface area contributed by atoms with Crippen molar-refractivity contribution in [1.82, 2.24) is 14.9 Å². The molecular formula is C14H17N3S. The zero-order valence-electron chi connectivity index (χ0n) is 10.5. The quantitative estimate of drug-likeness (QED) is 0.860. The second kappa shape index (κ2) is 5.16. The molecule has 1 aliphatic heterocycles. The summed E-state index contributed by atoms with van der Waals surface area (Å²) >= 11 is 1.77. The van der Waals surface area contributed by atoms with E-state index in [-0.39, 0.29) is 0 Å². The van der Waals surface area contributed by atoms with Crippen molar-refractivity contribution < 1.29 is 0 Å². The normalized spacial score (nSPS) is 19.3. The standard InChI is InChI=1S/C14H17N3S/c1-18-13-4-2-3-12(7-13)17-10-16-9-14(17)11-5-6-15-8-11/h2-4,7,9-11,15H,5-6,8H2,1H3. The second-order valence-electron chi connectivity index (χ2n) is 4.58. The maximum atomic E-state index is 4.33. The molecule has 0 radical (unpaired) electrons. The minimum atomic E-state index is 0.588. The lowest BCUT2D eigenvalue weighted by molar-refractivity contribution is 0.713. The number of nitrogens with zero attached hydrogens (tertiary/aromatic N) is 2. The van der Waals surface area contributed by atoms with E-state index in [1.807, 2.05) is 12.5 Å². The van der Waals surface area contributed by atoms with Crippen LogP contribution in [0.2, 0.25) is 0 Å². The van der Waals surface area contributed by atoms with Gasteiger partial charge in [-0.25, -0.2) is 4.98 Å². The van der Waals surface area contributed by atoms with Crippen LogP contribution in [0.4, 0.5) is 0 Å². The molecule has 94 valence electrons. The second-order valence-corrected chi connectivity index (χ2v) is 5.46. The van der Waals surface area contributed by atoms with Crippen molar-refractivity contribution in [2.24, 2.45) is 0 Å². The van der Waals surface area contributed by atoms with Gasteiger partial charge in [-0.15, -0.1) is 11.8 Å². The molecule has 1 aliphatic rings. The number of thioether (sulfide) groups is 1. The van der Waals surface area contributed by atoms with E-state index in [1.165, 1.54) is 22.7 Å². The topological polar surface area (TPSA) is 29.9 Å². The number of aromatic nitrogens is 2. The van der Waals surface area contributed by atoms with E-state index >= 15 is 0 Å². The molecule has 1 fully saturated rings. The Balaban J connectivity index is 1.98. The Kier molecular flexibility index (Phi) is 3.39. The van der Waals surface area contributed by atoms with Crippen molar-refractivity contribution in [3.8, 4) is 5.69 Å². The van der Waals surface area contributed by atoms with E-state index in [9.17, 15) is 0 Å². The number of nitrogens with one attached hydrogen (secondary N) is 1. The summed E-state index contributed by atoms with van der Waals surface area (Å²) in [6.45, 7) is 2.18. The average Bonchev–Trinajstić information content (AvgIpc) is 3.09. The lowest BCUT2D eigenvalue weighted by atomic mass is 10.1. The third kappa shape index (κ3) is 2.18. The summed E-state index contributed by atoms with van der Waals surface area (Å²) in [7, 11) is 0. The Labute approximate surface area is 112 Å². The maximum absolute atomic E-state index is 4.33. The minimum absolute atomic E-state index is 0.588. The third-order valence-electron chi connectivity index (χ3n) is 3.48. The van der Waals surface area contributed by atoms with E-state index < -0.39 is 0 Å². The zero-order chi connectivity index (χ0) is 12.4. The molecule has 1 aromatic heterocycles. The van der Waals surface area contributed by atoms with Crippen LogP contribution in [0.3, 0.4) is 0 Å². The van der Waals surface area contributed by atoms with E-state index in [2.05, 4.69) is 45.4 Å². The highest BCUT2D eigenvalue weighted by Gasteiger charge is 2.20. The van der Waals surface area contributed by atoms with Crippen molar-refractivity contribution in [1.29, 1.82) is 0 Å². The first-order valence-corrected chi connectivity index (χ1v) is 7.48. The highest BCUT2D eigenvalue weighted by Crippen LogP contribution is 2.26. The first kappa shape index (κ1) is 11.8. The molecule has 0 amide bonds. The van der Waals surface area contributed by atoms with Crippen LogP contribution in [-0.2, 0) is 0 Å². The summed E-state index contributed by atoms with van der Waals surface area (Å²) < 4.78 is 2.22. The number of hydrogen-bond donors (Lipinski definition) is 1. The van der Waals surface area contributed by atoms with Gasteiger partial charge >= 0.3 is 0 Å². The fraction of sp³-hybridized carbons (Fsp3) is 0.357. The molecule has 18 heavy (non-hydrogen) atoms. The summed E-state index contributed by atoms with van der Waals surface area (Å²) in [5.74, 6) is 0.588. The van der Waals surface area contributed by atoms with E-state index in [1.54, 1.807) is 11.8 Å². The molecule has 4 heteroatoms. The SMILES string of the molecule is CSc1cccc(-n2cncc2C2CCNC2)c1. The fourth-order valence-corrected chi connectivity index (χ4v) is 2.94. The van der Waals surface area contributed by atoms with Crippen molar-refractivity contribution in [2.45, 2.75) is 17.2 Å². The molecule has 3 nitrogen and oxygen atoms in total. The molecule has 0 spiro atoms. The van der Waals surface area contributed by atoms with Gasteiger partial charge in [0.1, 0.15) is 0 Å². The van der Waals surface area contributed by atoms with Gasteiger partial charge in [0.05, 0.1) is 6.33 Å². The Hall–Kier alpha value is -1.26. The molecule has 1 unspecified atom stereocenters. The predicted molar refractivity (Wildman–Crippen MR) is 75.6 cm³/mol. The van der Waals surface area contributed by atoms with Crippen molar-refractivity contribution in [3.05, 3.63) is 42.5 Å². The third-order valence-corrected chi connectivity index (χ3v) is 4.20. The van der Waals surface area contributed by atoms with Gasteiger partial charge in [-0.2, -0.15) is 0 Å². The zero-order valence-corrected chi connectivity index (χ0v) is 11.3. The molecule has 1 atom stereocenters. The molecular weight excluding hydrogens is 242 g/mol. The van der Waals surface area contributed by atoms with Crippen LogP contribution in [-0.4, -0.2) is 28.9 Å². The van der Waals surface area contributed by atoms with Gasteiger partial charge in [-0.05, 0) is 37.4 Å². The smallest absolute Gasteiger partial charge is 0.0994 e. The van der Waals surface area contributed by atoms with Gasteiger partial charge in [0.25, 0.3) is 0 Å². The monoisotopic (exact) mass is 259 g/mol. The van der Waals surface area contributed by atoms with Gasteiger partial charge in [0.15, 0.2) is 0 Å². The van der Waals surface area contributed by atoms with Crippen LogP contribution >= 0.6 is 11.8 Å². The number of benzene rings is 1. The van der Waals surface area contributed by atoms with E-state index in [0.717, 1.165) is 13.1 Å². The van der Waals surface area contributed by atoms with Crippen LogP contribution < -0.4 is 5.32 Å². The van der Waals surface area contributed by atoms with Crippen molar-refractivity contribution >= 4 is 11.8 Å². The summed E-state index contributed by atoms with van der Waals surface area (Å²) in [6.07, 6.45) is 7.24. The minimum Gasteiger partial charge on any atom is -0.316 e. The average molecular weight is 259 g/mol. The van der Waals surface area contributed by atoms with Crippen molar-refractivity contribution in [3.63, 3.8) is 0 Å². The molecule has 2 aromatic rings. The van der Waals surface area contributed by atoms with Gasteiger partial charge in [0.2, 0.25) is 0 Å². The molecule has 2 heterocycles. The molecule has 0 saturated carbocycles. The van der Waals surface area contributed by atoms with Gasteiger partial charge in [-0.3, -0.25) is 0 Å². The number of imidazole rings is 1. The largest absolute Gasteiger partial charge is 0.316 e. The first-order valence-electron chi connectivity index (χ1n) is 6.26. The summed E-state index contributed by atoms with van der Waals surface area (Å²) in [5.41, 5.74) is 2.53. The summed E-state index contributed by atoms with van der Waals surface area (Å²) in [4.78, 5) is 5.62. The number of hydrogen-bond acceptors (Lipinski definition) is 3. The molecule has 1 N–H and O–H groups in total. The van der Waals surface area contributed by atoms with Crippen LogP contribution in [0.1, 0.15) is 18.0 Å². The molecule has 3 rings (SSSR count). The summed E-state index contributed by atoms with van der Waals surface area (Å²) in [5, 5.41) is 3.42. The lowest BCUT2D eigenvalue weighted by Gasteiger charge is -2.13. The van der Waals surface area contributed by atoms with Gasteiger partial charge in [0, 0.05) is 34.9 Å². The van der Waals surface area contributed by atoms with Crippen molar-refractivity contribution in [2.75, 3.05) is 19.3 Å². The highest BCUT2D eigenvalue weighted by molar-refractivity contribution is 7.98. The Bertz CT molecular complexity index is 529. The van der Waals surface area contributed by atoms with Crippen LogP contribution in [0.15, 0.2) is 41.7 Å². The molecule has 0 aliphatic carbocycles. The maximum Gasteiger partial charge on any atom is 0.0994 e. The Morgan fingerprint density at radius 2 is 2.39 bits per heavy atom.